The quantitative estimate of drug-likeness (QED) is 0.202. The zero-order chi connectivity index (χ0) is 34.6. The largest absolute Gasteiger partial charge is 0.396 e. The molecule has 47 heavy (non-hydrogen) atoms. The van der Waals surface area contributed by atoms with Gasteiger partial charge in [-0.1, -0.05) is 131 Å². The lowest BCUT2D eigenvalue weighted by Crippen LogP contribution is -2.09. The maximum absolute atomic E-state index is 9.73. The van der Waals surface area contributed by atoms with Crippen LogP contribution in [0.3, 0.4) is 0 Å². The summed E-state index contributed by atoms with van der Waals surface area (Å²) in [6.45, 7) is 19.6. The maximum atomic E-state index is 9.73. The Morgan fingerprint density at radius 2 is 1.79 bits per heavy atom. The second kappa shape index (κ2) is 22.6. The molecule has 2 aromatic carbocycles. The number of aliphatic hydroxyl groups excluding tert-OH is 1. The number of nitrogens with one attached hydrogen (secondary N) is 1. The first-order chi connectivity index (χ1) is 22.8. The number of unbranched alkanes of at least 4 members (excludes halogenated alkanes) is 2. The summed E-state index contributed by atoms with van der Waals surface area (Å²) < 4.78 is 0. The third-order valence-electron chi connectivity index (χ3n) is 10.2. The number of nitriles is 1. The molecular formula is C43H67N3O. The van der Waals surface area contributed by atoms with Gasteiger partial charge in [0, 0.05) is 12.8 Å². The van der Waals surface area contributed by atoms with E-state index in [-0.39, 0.29) is 0 Å². The number of fused-ring (bicyclic) bond motifs is 1. The molecule has 4 rings (SSSR count). The Hall–Kier alpha value is -2.90. The van der Waals surface area contributed by atoms with Gasteiger partial charge in [0.25, 0.3) is 0 Å². The van der Waals surface area contributed by atoms with Crippen molar-refractivity contribution in [3.8, 4) is 17.2 Å². The Kier molecular flexibility index (Phi) is 19.4. The second-order valence-corrected chi connectivity index (χ2v) is 14.1. The van der Waals surface area contributed by atoms with Crippen molar-refractivity contribution in [2.45, 2.75) is 151 Å². The highest BCUT2D eigenvalue weighted by molar-refractivity contribution is 5.83. The van der Waals surface area contributed by atoms with Gasteiger partial charge in [-0.15, -0.1) is 0 Å². The minimum absolute atomic E-state index is 0.314. The van der Waals surface area contributed by atoms with Crippen LogP contribution < -0.4 is 5.32 Å². The normalized spacial score (nSPS) is 16.8. The van der Waals surface area contributed by atoms with Crippen LogP contribution in [0.25, 0.3) is 11.1 Å². The van der Waals surface area contributed by atoms with Crippen LogP contribution in [0.5, 0.6) is 0 Å². The summed E-state index contributed by atoms with van der Waals surface area (Å²) in [5.74, 6) is 2.67. The van der Waals surface area contributed by atoms with E-state index >= 15 is 0 Å². The molecule has 1 heterocycles. The molecule has 0 saturated heterocycles. The van der Waals surface area contributed by atoms with Crippen LogP contribution in [0, 0.1) is 36.0 Å². The summed E-state index contributed by atoms with van der Waals surface area (Å²) in [7, 11) is 0. The van der Waals surface area contributed by atoms with Crippen molar-refractivity contribution in [1.82, 2.24) is 0 Å². The molecule has 0 aromatic heterocycles. The van der Waals surface area contributed by atoms with E-state index in [4.69, 9.17) is 10.1 Å². The molecule has 1 saturated carbocycles. The van der Waals surface area contributed by atoms with Gasteiger partial charge in [-0.25, -0.2) is 0 Å². The third-order valence-corrected chi connectivity index (χ3v) is 10.2. The van der Waals surface area contributed by atoms with Crippen LogP contribution >= 0.6 is 0 Å². The maximum Gasteiger partial charge on any atom is 0.102 e. The smallest absolute Gasteiger partial charge is 0.102 e. The fraction of sp³-hybridized carbons (Fsp3) is 0.628. The summed E-state index contributed by atoms with van der Waals surface area (Å²) in [6, 6.07) is 11.1. The van der Waals surface area contributed by atoms with Gasteiger partial charge < -0.3 is 10.4 Å². The highest BCUT2D eigenvalue weighted by Gasteiger charge is 2.22. The standard InChI is InChI=1S/C25H29N3.C11H24O.C7H14/c1-6-16(4)24-21(11-17(5)22(14-26)25(24)27-8-3)19-9-10-20-12-18(7-2)15-28-23(20)13-19;1-3-5-6-8-11(7-4-2)9-10-12;1-7-5-3-2-4-6-7/h8-11,13,15-16,18,27H,3,6-7,12H2,1-2,4-5H3;11-12H,3-10H2,1-2H3;7H,2-6H2,1H3. The molecule has 0 spiro atoms. The van der Waals surface area contributed by atoms with E-state index in [9.17, 15) is 5.26 Å². The molecule has 3 atom stereocenters. The molecule has 4 heteroatoms. The van der Waals surface area contributed by atoms with Crippen molar-refractivity contribution in [2.24, 2.45) is 22.7 Å². The molecule has 0 bridgehead atoms. The minimum atomic E-state index is 0.314. The number of aliphatic imine (C=N–C) groups is 1. The summed E-state index contributed by atoms with van der Waals surface area (Å²) in [4.78, 5) is 4.73. The number of aryl methyl sites for hydroxylation is 1. The highest BCUT2D eigenvalue weighted by atomic mass is 16.3. The lowest BCUT2D eigenvalue weighted by molar-refractivity contribution is 0.243. The second-order valence-electron chi connectivity index (χ2n) is 14.1. The zero-order valence-corrected chi connectivity index (χ0v) is 31.1. The van der Waals surface area contributed by atoms with E-state index in [2.05, 4.69) is 90.0 Å². The van der Waals surface area contributed by atoms with Gasteiger partial charge in [0.15, 0.2) is 0 Å². The molecule has 1 aliphatic carbocycles. The number of aliphatic hydroxyl groups is 1. The summed E-state index contributed by atoms with van der Waals surface area (Å²) >= 11 is 0. The predicted molar refractivity (Wildman–Crippen MR) is 206 cm³/mol. The van der Waals surface area contributed by atoms with Gasteiger partial charge in [-0.2, -0.15) is 5.26 Å². The number of rotatable bonds is 14. The van der Waals surface area contributed by atoms with Gasteiger partial charge in [-0.3, -0.25) is 4.99 Å². The minimum Gasteiger partial charge on any atom is -0.396 e. The summed E-state index contributed by atoms with van der Waals surface area (Å²) in [5.41, 5.74) is 8.44. The molecule has 1 fully saturated rings. The number of hydrogen-bond donors (Lipinski definition) is 2. The Balaban J connectivity index is 0.000000331. The van der Waals surface area contributed by atoms with E-state index < -0.39 is 0 Å². The fourth-order valence-electron chi connectivity index (χ4n) is 6.99. The third kappa shape index (κ3) is 12.9. The average molecular weight is 642 g/mol. The molecule has 4 nitrogen and oxygen atoms in total. The molecule has 2 aliphatic rings. The summed E-state index contributed by atoms with van der Waals surface area (Å²) in [5, 5.41) is 21.8. The summed E-state index contributed by atoms with van der Waals surface area (Å²) in [6.07, 6.45) is 23.3. The zero-order valence-electron chi connectivity index (χ0n) is 31.1. The highest BCUT2D eigenvalue weighted by Crippen LogP contribution is 2.42. The fourth-order valence-corrected chi connectivity index (χ4v) is 6.99. The average Bonchev–Trinajstić information content (AvgIpc) is 3.08. The van der Waals surface area contributed by atoms with Crippen molar-refractivity contribution in [3.63, 3.8) is 0 Å². The molecule has 2 N–H and O–H groups in total. The van der Waals surface area contributed by atoms with Gasteiger partial charge in [0.1, 0.15) is 6.07 Å². The van der Waals surface area contributed by atoms with Gasteiger partial charge >= 0.3 is 0 Å². The Morgan fingerprint density at radius 3 is 2.34 bits per heavy atom. The van der Waals surface area contributed by atoms with Crippen molar-refractivity contribution in [2.75, 3.05) is 11.9 Å². The van der Waals surface area contributed by atoms with Crippen molar-refractivity contribution >= 4 is 17.6 Å². The van der Waals surface area contributed by atoms with Crippen LogP contribution in [-0.2, 0) is 6.42 Å². The Labute approximate surface area is 289 Å². The van der Waals surface area contributed by atoms with E-state index in [1.54, 1.807) is 6.20 Å². The van der Waals surface area contributed by atoms with E-state index in [0.717, 1.165) is 60.0 Å². The van der Waals surface area contributed by atoms with E-state index in [1.807, 2.05) is 6.92 Å². The molecule has 0 radical (unpaired) electrons. The molecule has 1 aliphatic heterocycles. The monoisotopic (exact) mass is 642 g/mol. The van der Waals surface area contributed by atoms with Crippen LogP contribution in [0.2, 0.25) is 0 Å². The first-order valence-corrected chi connectivity index (χ1v) is 19.0. The Morgan fingerprint density at radius 1 is 1.04 bits per heavy atom. The van der Waals surface area contributed by atoms with Gasteiger partial charge in [-0.05, 0) is 102 Å². The number of anilines is 1. The lowest BCUT2D eigenvalue weighted by Gasteiger charge is -2.24. The van der Waals surface area contributed by atoms with E-state index in [1.165, 1.54) is 87.3 Å². The molecule has 260 valence electrons. The van der Waals surface area contributed by atoms with Crippen molar-refractivity contribution in [3.05, 3.63) is 59.3 Å². The van der Waals surface area contributed by atoms with Gasteiger partial charge in [0.2, 0.25) is 0 Å². The molecule has 2 aromatic rings. The molecular weight excluding hydrogens is 574 g/mol. The predicted octanol–water partition coefficient (Wildman–Crippen LogP) is 12.8. The van der Waals surface area contributed by atoms with Crippen molar-refractivity contribution < 1.29 is 5.11 Å². The van der Waals surface area contributed by atoms with Crippen LogP contribution in [0.1, 0.15) is 160 Å². The Bertz CT molecular complexity index is 1260. The first kappa shape index (κ1) is 40.3. The molecule has 0 amide bonds. The van der Waals surface area contributed by atoms with Crippen LogP contribution in [-0.4, -0.2) is 17.9 Å². The van der Waals surface area contributed by atoms with Crippen LogP contribution in [0.4, 0.5) is 11.4 Å². The number of nitrogens with zero attached hydrogens (tertiary/aromatic N) is 2. The van der Waals surface area contributed by atoms with Crippen molar-refractivity contribution in [1.29, 1.82) is 5.26 Å². The first-order valence-electron chi connectivity index (χ1n) is 19.0. The number of benzene rings is 2. The number of hydrogen-bond acceptors (Lipinski definition) is 4. The lowest BCUT2D eigenvalue weighted by atomic mass is 9.84. The van der Waals surface area contributed by atoms with E-state index in [0.29, 0.717) is 24.0 Å². The van der Waals surface area contributed by atoms with Crippen LogP contribution in [0.15, 0.2) is 42.0 Å². The topological polar surface area (TPSA) is 68.4 Å². The molecule has 3 unspecified atom stereocenters. The van der Waals surface area contributed by atoms with Gasteiger partial charge in [0.05, 0.1) is 16.9 Å². The SMILES string of the molecule is C=CNc1c(C#N)c(C)cc(-c2ccc3c(c2)N=CC(CC)C3)c1C(C)CC.CC1CCCCC1.CCCCCC(CCC)CCO.